The summed E-state index contributed by atoms with van der Waals surface area (Å²) in [4.78, 5) is 18.9. The first-order valence-electron chi connectivity index (χ1n) is 7.64. The maximum atomic E-state index is 12.8. The van der Waals surface area contributed by atoms with Gasteiger partial charge in [0.25, 0.3) is 5.91 Å². The van der Waals surface area contributed by atoms with E-state index in [1.54, 1.807) is 12.4 Å². The number of hydrogen-bond donors (Lipinski definition) is 0. The lowest BCUT2D eigenvalue weighted by atomic mass is 9.96. The molecule has 0 aromatic carbocycles. The topological polar surface area (TPSA) is 51.0 Å². The van der Waals surface area contributed by atoms with Crippen molar-refractivity contribution in [2.45, 2.75) is 43.8 Å². The Morgan fingerprint density at radius 1 is 1.18 bits per heavy atom. The number of halogens is 1. The van der Waals surface area contributed by atoms with E-state index in [9.17, 15) is 4.79 Å². The second kappa shape index (κ2) is 5.50. The van der Waals surface area contributed by atoms with Gasteiger partial charge in [0.2, 0.25) is 0 Å². The number of carbonyl (C=O) groups is 1. The molecule has 2 atom stereocenters. The number of hydrogen-bond acceptors (Lipinski definition) is 3. The molecule has 4 heterocycles. The van der Waals surface area contributed by atoms with E-state index in [0.29, 0.717) is 23.7 Å². The Morgan fingerprint density at radius 3 is 2.55 bits per heavy atom. The maximum Gasteiger partial charge on any atom is 0.255 e. The van der Waals surface area contributed by atoms with Crippen LogP contribution in [0.2, 0.25) is 0 Å². The van der Waals surface area contributed by atoms with Gasteiger partial charge in [0.1, 0.15) is 0 Å². The van der Waals surface area contributed by atoms with Crippen molar-refractivity contribution in [3.63, 3.8) is 0 Å². The van der Waals surface area contributed by atoms with Crippen LogP contribution >= 0.6 is 15.9 Å². The molecule has 22 heavy (non-hydrogen) atoms. The molecule has 2 aromatic heterocycles. The van der Waals surface area contributed by atoms with Crippen molar-refractivity contribution in [3.8, 4) is 0 Å². The van der Waals surface area contributed by atoms with Gasteiger partial charge in [0.05, 0.1) is 22.3 Å². The van der Waals surface area contributed by atoms with Gasteiger partial charge in [0, 0.05) is 30.7 Å². The second-order valence-electron chi connectivity index (χ2n) is 6.10. The van der Waals surface area contributed by atoms with Crippen molar-refractivity contribution in [2.75, 3.05) is 0 Å². The first kappa shape index (κ1) is 13.9. The quantitative estimate of drug-likeness (QED) is 0.826. The highest BCUT2D eigenvalue weighted by atomic mass is 79.9. The van der Waals surface area contributed by atoms with E-state index in [1.165, 1.54) is 0 Å². The van der Waals surface area contributed by atoms with Crippen LogP contribution in [0.4, 0.5) is 0 Å². The van der Waals surface area contributed by atoms with Crippen LogP contribution in [0, 0.1) is 0 Å². The van der Waals surface area contributed by atoms with E-state index in [1.807, 2.05) is 29.2 Å². The minimum Gasteiger partial charge on any atom is -0.332 e. The summed E-state index contributed by atoms with van der Waals surface area (Å²) in [5, 5.41) is 4.42. The number of fused-ring (bicyclic) bond motifs is 2. The van der Waals surface area contributed by atoms with Crippen molar-refractivity contribution in [3.05, 3.63) is 47.0 Å². The van der Waals surface area contributed by atoms with Gasteiger partial charge < -0.3 is 4.90 Å². The van der Waals surface area contributed by atoms with Gasteiger partial charge in [-0.3, -0.25) is 14.5 Å². The molecule has 0 aliphatic carbocycles. The van der Waals surface area contributed by atoms with E-state index < -0.39 is 0 Å². The third-order valence-corrected chi connectivity index (χ3v) is 5.20. The molecule has 5 nitrogen and oxygen atoms in total. The Morgan fingerprint density at radius 2 is 1.95 bits per heavy atom. The number of rotatable bonds is 2. The monoisotopic (exact) mass is 360 g/mol. The highest BCUT2D eigenvalue weighted by Crippen LogP contribution is 2.41. The average Bonchev–Trinajstić information content (AvgIpc) is 3.09. The first-order valence-corrected chi connectivity index (χ1v) is 8.44. The summed E-state index contributed by atoms with van der Waals surface area (Å²) in [6, 6.07) is 4.70. The summed E-state index contributed by atoms with van der Waals surface area (Å²) in [5.74, 6) is 0.126. The van der Waals surface area contributed by atoms with Gasteiger partial charge in [0.15, 0.2) is 0 Å². The lowest BCUT2D eigenvalue weighted by Crippen LogP contribution is -2.47. The third-order valence-electron chi connectivity index (χ3n) is 4.80. The van der Waals surface area contributed by atoms with Crippen LogP contribution in [-0.2, 0) is 0 Å². The summed E-state index contributed by atoms with van der Waals surface area (Å²) >= 11 is 3.46. The van der Waals surface area contributed by atoms with Crippen LogP contribution in [0.15, 0.2) is 41.4 Å². The van der Waals surface area contributed by atoms with Crippen molar-refractivity contribution in [2.24, 2.45) is 0 Å². The lowest BCUT2D eigenvalue weighted by molar-refractivity contribution is 0.0524. The second-order valence-corrected chi connectivity index (χ2v) is 7.02. The molecule has 6 heteroatoms. The van der Waals surface area contributed by atoms with Crippen LogP contribution < -0.4 is 0 Å². The fraction of sp³-hybridized carbons (Fsp3) is 0.438. The van der Waals surface area contributed by atoms with Gasteiger partial charge in [-0.05, 0) is 53.7 Å². The Bertz CT molecular complexity index is 672. The highest BCUT2D eigenvalue weighted by molar-refractivity contribution is 9.10. The minimum absolute atomic E-state index is 0.126. The van der Waals surface area contributed by atoms with Crippen LogP contribution in [-0.4, -0.2) is 37.7 Å². The lowest BCUT2D eigenvalue weighted by Gasteiger charge is -2.39. The Labute approximate surface area is 137 Å². The van der Waals surface area contributed by atoms with Crippen molar-refractivity contribution in [1.82, 2.24) is 19.7 Å². The Kier molecular flexibility index (Phi) is 3.48. The summed E-state index contributed by atoms with van der Waals surface area (Å²) < 4.78 is 3.05. The molecule has 4 rings (SSSR count). The number of piperidine rings is 1. The fourth-order valence-corrected chi connectivity index (χ4v) is 4.15. The standard InChI is InChI=1S/C16H17BrN4O/c17-12-9-19-20(10-12)15-6-13-3-4-14(7-15)21(13)16(22)11-2-1-5-18-8-11/h1-2,5,8-10,13-15H,3-4,6-7H2. The largest absolute Gasteiger partial charge is 0.332 e. The molecule has 2 fully saturated rings. The average molecular weight is 361 g/mol. The molecule has 114 valence electrons. The Hall–Kier alpha value is -1.69. The summed E-state index contributed by atoms with van der Waals surface area (Å²) in [6.45, 7) is 0. The molecule has 2 unspecified atom stereocenters. The zero-order valence-electron chi connectivity index (χ0n) is 12.1. The number of carbonyl (C=O) groups excluding carboxylic acids is 1. The van der Waals surface area contributed by atoms with Crippen molar-refractivity contribution < 1.29 is 4.79 Å². The van der Waals surface area contributed by atoms with Crippen LogP contribution in [0.3, 0.4) is 0 Å². The molecule has 2 saturated heterocycles. The fourth-order valence-electron chi connectivity index (χ4n) is 3.85. The number of nitrogens with zero attached hydrogens (tertiary/aromatic N) is 4. The predicted molar refractivity (Wildman–Crippen MR) is 85.4 cm³/mol. The number of pyridine rings is 1. The molecule has 2 bridgehead atoms. The van der Waals surface area contributed by atoms with E-state index in [2.05, 4.69) is 30.9 Å². The zero-order valence-corrected chi connectivity index (χ0v) is 13.7. The van der Waals surface area contributed by atoms with Gasteiger partial charge in [-0.2, -0.15) is 5.10 Å². The molecular weight excluding hydrogens is 344 g/mol. The van der Waals surface area contributed by atoms with Gasteiger partial charge in [-0.15, -0.1) is 0 Å². The van der Waals surface area contributed by atoms with Crippen molar-refractivity contribution >= 4 is 21.8 Å². The number of aromatic nitrogens is 3. The summed E-state index contributed by atoms with van der Waals surface area (Å²) in [6.07, 6.45) is 11.4. The maximum absolute atomic E-state index is 12.8. The van der Waals surface area contributed by atoms with Crippen molar-refractivity contribution in [1.29, 1.82) is 0 Å². The molecule has 0 N–H and O–H groups in total. The van der Waals surface area contributed by atoms with E-state index in [4.69, 9.17) is 0 Å². The molecule has 0 radical (unpaired) electrons. The molecule has 1 amide bonds. The zero-order chi connectivity index (χ0) is 15.1. The van der Waals surface area contributed by atoms with Gasteiger partial charge >= 0.3 is 0 Å². The normalized spacial score (nSPS) is 27.1. The van der Waals surface area contributed by atoms with Gasteiger partial charge in [-0.1, -0.05) is 0 Å². The minimum atomic E-state index is 0.126. The third kappa shape index (κ3) is 2.35. The summed E-state index contributed by atoms with van der Waals surface area (Å²) in [7, 11) is 0. The molecular formula is C16H17BrN4O. The summed E-state index contributed by atoms with van der Waals surface area (Å²) in [5.41, 5.74) is 0.694. The van der Waals surface area contributed by atoms with Crippen LogP contribution in [0.5, 0.6) is 0 Å². The van der Waals surface area contributed by atoms with E-state index in [-0.39, 0.29) is 5.91 Å². The molecule has 0 spiro atoms. The molecule has 0 saturated carbocycles. The van der Waals surface area contributed by atoms with Crippen LogP contribution in [0.1, 0.15) is 42.1 Å². The number of amides is 1. The van der Waals surface area contributed by atoms with Crippen LogP contribution in [0.25, 0.3) is 0 Å². The van der Waals surface area contributed by atoms with E-state index in [0.717, 1.165) is 30.2 Å². The first-order chi connectivity index (χ1) is 10.7. The predicted octanol–water partition coefficient (Wildman–Crippen LogP) is 3.05. The van der Waals surface area contributed by atoms with Gasteiger partial charge in [-0.25, -0.2) is 0 Å². The smallest absolute Gasteiger partial charge is 0.255 e. The SMILES string of the molecule is O=C(c1cccnc1)N1C2CCC1CC(n1cc(Br)cn1)C2. The molecule has 2 aliphatic rings. The molecule has 2 aliphatic heterocycles. The van der Waals surface area contributed by atoms with E-state index >= 15 is 0 Å². The highest BCUT2D eigenvalue weighted by Gasteiger charge is 2.44. The Balaban J connectivity index is 1.55. The molecule has 2 aromatic rings.